The minimum Gasteiger partial charge on any atom is -0.334 e. The summed E-state index contributed by atoms with van der Waals surface area (Å²) < 4.78 is 0. The van der Waals surface area contributed by atoms with Crippen LogP contribution < -0.4 is 5.32 Å². The Hall–Kier alpha value is -1.82. The predicted molar refractivity (Wildman–Crippen MR) is 67.7 cm³/mol. The second kappa shape index (κ2) is 5.01. The highest BCUT2D eigenvalue weighted by molar-refractivity contribution is 5.97. The number of hydrogen-bond acceptors (Lipinski definition) is 2. The first-order chi connectivity index (χ1) is 7.93. The number of carbonyl (C=O) groups is 1. The summed E-state index contributed by atoms with van der Waals surface area (Å²) in [6, 6.07) is 7.86. The number of aryl methyl sites for hydroxylation is 2. The Labute approximate surface area is 102 Å². The van der Waals surface area contributed by atoms with E-state index in [0.717, 1.165) is 11.1 Å². The van der Waals surface area contributed by atoms with Crippen molar-refractivity contribution in [2.45, 2.75) is 39.7 Å². The molecule has 17 heavy (non-hydrogen) atoms. The number of nitrogens with zero attached hydrogens (tertiary/aromatic N) is 1. The molecule has 1 aromatic carbocycles. The van der Waals surface area contributed by atoms with Crippen molar-refractivity contribution in [3.63, 3.8) is 0 Å². The monoisotopic (exact) mass is 230 g/mol. The number of nitrogens with one attached hydrogen (secondary N) is 1. The van der Waals surface area contributed by atoms with Gasteiger partial charge in [-0.2, -0.15) is 5.26 Å². The van der Waals surface area contributed by atoms with Crippen molar-refractivity contribution in [1.29, 1.82) is 5.26 Å². The Morgan fingerprint density at radius 2 is 1.94 bits per heavy atom. The number of hydrogen-bond donors (Lipinski definition) is 1. The van der Waals surface area contributed by atoms with Gasteiger partial charge < -0.3 is 5.32 Å². The molecule has 0 heterocycles. The van der Waals surface area contributed by atoms with Gasteiger partial charge in [0.1, 0.15) is 5.54 Å². The van der Waals surface area contributed by atoms with Crippen LogP contribution in [0.4, 0.5) is 0 Å². The zero-order valence-electron chi connectivity index (χ0n) is 10.8. The topological polar surface area (TPSA) is 52.9 Å². The molecule has 0 fully saturated rings. The van der Waals surface area contributed by atoms with Gasteiger partial charge in [0.05, 0.1) is 6.07 Å². The van der Waals surface area contributed by atoms with E-state index in [1.807, 2.05) is 39.0 Å². The zero-order valence-corrected chi connectivity index (χ0v) is 10.8. The Balaban J connectivity index is 3.03. The maximum Gasteiger partial charge on any atom is 0.253 e. The number of carbonyl (C=O) groups excluding carboxylic acids is 1. The second-order valence-electron chi connectivity index (χ2n) is 4.52. The Kier molecular flexibility index (Phi) is 3.90. The summed E-state index contributed by atoms with van der Waals surface area (Å²) in [5.74, 6) is -0.175. The normalized spacial score (nSPS) is 13.6. The first-order valence-corrected chi connectivity index (χ1v) is 5.73. The molecule has 0 spiro atoms. The lowest BCUT2D eigenvalue weighted by molar-refractivity contribution is 0.0922. The molecule has 3 heteroatoms. The molecule has 0 aliphatic rings. The lowest BCUT2D eigenvalue weighted by Crippen LogP contribution is -2.44. The molecule has 3 nitrogen and oxygen atoms in total. The van der Waals surface area contributed by atoms with Gasteiger partial charge in [-0.25, -0.2) is 0 Å². The molecule has 0 saturated carbocycles. The molecule has 1 N–H and O–H groups in total. The molecule has 1 unspecified atom stereocenters. The molecule has 0 bridgehead atoms. The second-order valence-corrected chi connectivity index (χ2v) is 4.52. The highest BCUT2D eigenvalue weighted by atomic mass is 16.1. The van der Waals surface area contributed by atoms with E-state index in [9.17, 15) is 4.79 Å². The van der Waals surface area contributed by atoms with Gasteiger partial charge in [-0.05, 0) is 38.3 Å². The highest BCUT2D eigenvalue weighted by Gasteiger charge is 2.25. The van der Waals surface area contributed by atoms with Crippen LogP contribution in [-0.4, -0.2) is 11.4 Å². The molecule has 1 aromatic rings. The van der Waals surface area contributed by atoms with Crippen LogP contribution in [0.5, 0.6) is 0 Å². The molecule has 90 valence electrons. The summed E-state index contributed by atoms with van der Waals surface area (Å²) in [4.78, 5) is 12.2. The van der Waals surface area contributed by atoms with Crippen LogP contribution in [0.15, 0.2) is 18.2 Å². The summed E-state index contributed by atoms with van der Waals surface area (Å²) in [7, 11) is 0. The van der Waals surface area contributed by atoms with Crippen molar-refractivity contribution in [2.24, 2.45) is 0 Å². The van der Waals surface area contributed by atoms with Crippen LogP contribution in [0.1, 0.15) is 41.8 Å². The van der Waals surface area contributed by atoms with E-state index < -0.39 is 5.54 Å². The quantitative estimate of drug-likeness (QED) is 0.868. The Morgan fingerprint density at radius 1 is 1.41 bits per heavy atom. The molecule has 1 rings (SSSR count). The van der Waals surface area contributed by atoms with Gasteiger partial charge in [-0.3, -0.25) is 4.79 Å². The smallest absolute Gasteiger partial charge is 0.253 e. The van der Waals surface area contributed by atoms with Crippen molar-refractivity contribution in [1.82, 2.24) is 5.32 Å². The third-order valence-corrected chi connectivity index (χ3v) is 3.05. The Morgan fingerprint density at radius 3 is 2.35 bits per heavy atom. The van der Waals surface area contributed by atoms with Gasteiger partial charge in [0.15, 0.2) is 0 Å². The van der Waals surface area contributed by atoms with E-state index in [0.29, 0.717) is 12.0 Å². The van der Waals surface area contributed by atoms with Crippen LogP contribution in [0, 0.1) is 25.2 Å². The summed E-state index contributed by atoms with van der Waals surface area (Å²) in [5, 5.41) is 11.8. The molecule has 0 saturated heterocycles. The fourth-order valence-corrected chi connectivity index (χ4v) is 1.68. The summed E-state index contributed by atoms with van der Waals surface area (Å²) in [6.07, 6.45) is 0.584. The molecule has 1 atom stereocenters. The van der Waals surface area contributed by atoms with E-state index in [-0.39, 0.29) is 5.91 Å². The number of amides is 1. The predicted octanol–water partition coefficient (Wildman–Crippen LogP) is 2.73. The molecular weight excluding hydrogens is 212 g/mol. The fourth-order valence-electron chi connectivity index (χ4n) is 1.68. The fraction of sp³-hybridized carbons (Fsp3) is 0.429. The standard InChI is InChI=1S/C14H18N2O/c1-5-14(4,9-15)16-13(17)12-10(2)7-6-8-11(12)3/h6-8H,5H2,1-4H3,(H,16,17). The SMILES string of the molecule is CCC(C)(C#N)NC(=O)c1c(C)cccc1C. The van der Waals surface area contributed by atoms with E-state index in [4.69, 9.17) is 5.26 Å². The minimum atomic E-state index is -0.800. The van der Waals surface area contributed by atoms with Crippen molar-refractivity contribution in [3.8, 4) is 6.07 Å². The summed E-state index contributed by atoms with van der Waals surface area (Å²) >= 11 is 0. The molecule has 0 radical (unpaired) electrons. The van der Waals surface area contributed by atoms with Crippen molar-refractivity contribution >= 4 is 5.91 Å². The number of benzene rings is 1. The van der Waals surface area contributed by atoms with Crippen molar-refractivity contribution in [3.05, 3.63) is 34.9 Å². The van der Waals surface area contributed by atoms with Crippen LogP contribution in [0.3, 0.4) is 0 Å². The van der Waals surface area contributed by atoms with Gasteiger partial charge in [0.2, 0.25) is 0 Å². The van der Waals surface area contributed by atoms with Crippen LogP contribution in [0.2, 0.25) is 0 Å². The van der Waals surface area contributed by atoms with Gasteiger partial charge in [-0.1, -0.05) is 25.1 Å². The average molecular weight is 230 g/mol. The average Bonchev–Trinajstić information content (AvgIpc) is 2.28. The molecule has 0 aromatic heterocycles. The molecule has 1 amide bonds. The van der Waals surface area contributed by atoms with E-state index in [1.54, 1.807) is 6.92 Å². The minimum absolute atomic E-state index is 0.175. The maximum absolute atomic E-state index is 12.2. The highest BCUT2D eigenvalue weighted by Crippen LogP contribution is 2.15. The van der Waals surface area contributed by atoms with Crippen LogP contribution >= 0.6 is 0 Å². The maximum atomic E-state index is 12.2. The van der Waals surface area contributed by atoms with E-state index in [2.05, 4.69) is 11.4 Å². The van der Waals surface area contributed by atoms with Crippen molar-refractivity contribution < 1.29 is 4.79 Å². The lowest BCUT2D eigenvalue weighted by Gasteiger charge is -2.22. The summed E-state index contributed by atoms with van der Waals surface area (Å²) in [5.41, 5.74) is 1.73. The molecule has 0 aliphatic carbocycles. The van der Waals surface area contributed by atoms with Gasteiger partial charge in [-0.15, -0.1) is 0 Å². The molecular formula is C14H18N2O. The van der Waals surface area contributed by atoms with Gasteiger partial charge in [0.25, 0.3) is 5.91 Å². The van der Waals surface area contributed by atoms with Crippen LogP contribution in [0.25, 0.3) is 0 Å². The van der Waals surface area contributed by atoms with Gasteiger partial charge in [0, 0.05) is 5.56 Å². The lowest BCUT2D eigenvalue weighted by atomic mass is 9.97. The third-order valence-electron chi connectivity index (χ3n) is 3.05. The summed E-state index contributed by atoms with van der Waals surface area (Å²) in [6.45, 7) is 7.42. The third kappa shape index (κ3) is 2.85. The first kappa shape index (κ1) is 13.2. The van der Waals surface area contributed by atoms with E-state index >= 15 is 0 Å². The van der Waals surface area contributed by atoms with Crippen molar-refractivity contribution in [2.75, 3.05) is 0 Å². The number of nitriles is 1. The number of rotatable bonds is 3. The molecule has 0 aliphatic heterocycles. The first-order valence-electron chi connectivity index (χ1n) is 5.73. The largest absolute Gasteiger partial charge is 0.334 e. The Bertz CT molecular complexity index is 453. The van der Waals surface area contributed by atoms with Gasteiger partial charge >= 0.3 is 0 Å². The van der Waals surface area contributed by atoms with E-state index in [1.165, 1.54) is 0 Å². The van der Waals surface area contributed by atoms with Crippen LogP contribution in [-0.2, 0) is 0 Å². The zero-order chi connectivity index (χ0) is 13.1.